The van der Waals surface area contributed by atoms with Crippen LogP contribution in [0.3, 0.4) is 0 Å². The van der Waals surface area contributed by atoms with Crippen molar-refractivity contribution in [2.24, 2.45) is 0 Å². The molecule has 5 heteroatoms. The molecule has 1 saturated heterocycles. The minimum Gasteiger partial charge on any atom is -0.309 e. The third-order valence-electron chi connectivity index (χ3n) is 2.97. The number of thioether (sulfide) groups is 2. The van der Waals surface area contributed by atoms with Crippen LogP contribution in [0.5, 0.6) is 0 Å². The second-order valence-electron chi connectivity index (χ2n) is 4.36. The van der Waals surface area contributed by atoms with Gasteiger partial charge in [-0.05, 0) is 24.6 Å². The molecular formula is C13H17BrClNS2. The van der Waals surface area contributed by atoms with Gasteiger partial charge in [0, 0.05) is 44.6 Å². The predicted molar refractivity (Wildman–Crippen MR) is 89.1 cm³/mol. The monoisotopic (exact) mass is 365 g/mol. The molecule has 0 amide bonds. The molecular weight excluding hydrogens is 350 g/mol. The molecule has 2 rings (SSSR count). The molecule has 1 aliphatic rings. The SMILES string of the molecule is CC(NCC1CSCCS1)c1ccc(Br)cc1Cl. The smallest absolute Gasteiger partial charge is 0.0464 e. The molecule has 1 fully saturated rings. The summed E-state index contributed by atoms with van der Waals surface area (Å²) in [5, 5.41) is 5.16. The highest BCUT2D eigenvalue weighted by atomic mass is 79.9. The largest absolute Gasteiger partial charge is 0.309 e. The number of hydrogen-bond acceptors (Lipinski definition) is 3. The van der Waals surface area contributed by atoms with E-state index < -0.39 is 0 Å². The van der Waals surface area contributed by atoms with E-state index in [1.807, 2.05) is 12.1 Å². The van der Waals surface area contributed by atoms with Crippen molar-refractivity contribution in [1.82, 2.24) is 5.32 Å². The molecule has 1 N–H and O–H groups in total. The fourth-order valence-corrected chi connectivity index (χ4v) is 5.39. The van der Waals surface area contributed by atoms with Crippen molar-refractivity contribution in [3.05, 3.63) is 33.3 Å². The first-order valence-electron chi connectivity index (χ1n) is 6.04. The van der Waals surface area contributed by atoms with Crippen LogP contribution >= 0.6 is 51.1 Å². The van der Waals surface area contributed by atoms with E-state index in [1.54, 1.807) is 0 Å². The van der Waals surface area contributed by atoms with Gasteiger partial charge in [-0.1, -0.05) is 33.6 Å². The Labute approximate surface area is 131 Å². The summed E-state index contributed by atoms with van der Waals surface area (Å²) in [4.78, 5) is 0. The molecule has 1 heterocycles. The first kappa shape index (κ1) is 15.0. The van der Waals surface area contributed by atoms with Crippen molar-refractivity contribution in [3.8, 4) is 0 Å². The minimum atomic E-state index is 0.304. The molecule has 2 unspecified atom stereocenters. The molecule has 1 nitrogen and oxygen atoms in total. The Bertz CT molecular complexity index is 397. The van der Waals surface area contributed by atoms with Gasteiger partial charge in [-0.3, -0.25) is 0 Å². The molecule has 0 bridgehead atoms. The van der Waals surface area contributed by atoms with Gasteiger partial charge >= 0.3 is 0 Å². The third kappa shape index (κ3) is 4.34. The molecule has 0 aromatic heterocycles. The molecule has 1 aromatic carbocycles. The molecule has 18 heavy (non-hydrogen) atoms. The maximum atomic E-state index is 6.27. The summed E-state index contributed by atoms with van der Waals surface area (Å²) in [5.74, 6) is 3.85. The standard InChI is InChI=1S/C13H17BrClNS2/c1-9(12-3-2-10(14)6-13(12)15)16-7-11-8-17-4-5-18-11/h2-3,6,9,11,16H,4-5,7-8H2,1H3. The topological polar surface area (TPSA) is 12.0 Å². The lowest BCUT2D eigenvalue weighted by Gasteiger charge is -2.24. The van der Waals surface area contributed by atoms with E-state index in [-0.39, 0.29) is 0 Å². The number of benzene rings is 1. The molecule has 2 atom stereocenters. The second kappa shape index (κ2) is 7.44. The van der Waals surface area contributed by atoms with Gasteiger partial charge in [0.25, 0.3) is 0 Å². The van der Waals surface area contributed by atoms with Crippen molar-refractivity contribution < 1.29 is 0 Å². The fourth-order valence-electron chi connectivity index (χ4n) is 1.93. The van der Waals surface area contributed by atoms with Crippen LogP contribution in [0.4, 0.5) is 0 Å². The summed E-state index contributed by atoms with van der Waals surface area (Å²) in [5.41, 5.74) is 1.17. The summed E-state index contributed by atoms with van der Waals surface area (Å²) in [6, 6.07) is 6.40. The zero-order valence-electron chi connectivity index (χ0n) is 10.3. The van der Waals surface area contributed by atoms with Gasteiger partial charge < -0.3 is 5.32 Å². The number of nitrogens with one attached hydrogen (secondary N) is 1. The Morgan fingerprint density at radius 2 is 2.33 bits per heavy atom. The Morgan fingerprint density at radius 3 is 3.00 bits per heavy atom. The van der Waals surface area contributed by atoms with E-state index >= 15 is 0 Å². The Balaban J connectivity index is 1.88. The van der Waals surface area contributed by atoms with E-state index in [1.165, 1.54) is 22.8 Å². The van der Waals surface area contributed by atoms with E-state index in [0.29, 0.717) is 6.04 Å². The number of hydrogen-bond donors (Lipinski definition) is 1. The van der Waals surface area contributed by atoms with Crippen LogP contribution in [0.15, 0.2) is 22.7 Å². The van der Waals surface area contributed by atoms with Gasteiger partial charge in [0.2, 0.25) is 0 Å². The van der Waals surface area contributed by atoms with Gasteiger partial charge in [0.15, 0.2) is 0 Å². The number of halogens is 2. The maximum Gasteiger partial charge on any atom is 0.0464 e. The highest BCUT2D eigenvalue weighted by molar-refractivity contribution is 9.10. The van der Waals surface area contributed by atoms with Crippen molar-refractivity contribution in [1.29, 1.82) is 0 Å². The van der Waals surface area contributed by atoms with E-state index in [4.69, 9.17) is 11.6 Å². The van der Waals surface area contributed by atoms with Crippen molar-refractivity contribution in [3.63, 3.8) is 0 Å². The highest BCUT2D eigenvalue weighted by Crippen LogP contribution is 2.27. The summed E-state index contributed by atoms with van der Waals surface area (Å²) < 4.78 is 1.03. The third-order valence-corrected chi connectivity index (χ3v) is 6.63. The Morgan fingerprint density at radius 1 is 1.50 bits per heavy atom. The maximum absolute atomic E-state index is 6.27. The van der Waals surface area contributed by atoms with Crippen molar-refractivity contribution in [2.45, 2.75) is 18.2 Å². The lowest BCUT2D eigenvalue weighted by Crippen LogP contribution is -2.30. The molecule has 1 aromatic rings. The minimum absolute atomic E-state index is 0.304. The van der Waals surface area contributed by atoms with Crippen LogP contribution in [0.2, 0.25) is 5.02 Å². The summed E-state index contributed by atoms with van der Waals surface area (Å²) in [6.45, 7) is 3.24. The van der Waals surface area contributed by atoms with Crippen LogP contribution in [-0.4, -0.2) is 29.1 Å². The molecule has 0 radical (unpaired) electrons. The normalized spacial score (nSPS) is 21.8. The number of rotatable bonds is 4. The first-order chi connectivity index (χ1) is 8.66. The summed E-state index contributed by atoms with van der Waals surface area (Å²) >= 11 is 13.8. The van der Waals surface area contributed by atoms with Gasteiger partial charge in [-0.2, -0.15) is 23.5 Å². The van der Waals surface area contributed by atoms with Gasteiger partial charge in [-0.15, -0.1) is 0 Å². The van der Waals surface area contributed by atoms with Crippen LogP contribution in [0.1, 0.15) is 18.5 Å². The van der Waals surface area contributed by atoms with E-state index in [0.717, 1.165) is 21.3 Å². The van der Waals surface area contributed by atoms with Gasteiger partial charge in [-0.25, -0.2) is 0 Å². The molecule has 100 valence electrons. The first-order valence-corrected chi connectivity index (χ1v) is 9.42. The quantitative estimate of drug-likeness (QED) is 0.836. The lowest BCUT2D eigenvalue weighted by molar-refractivity contribution is 0.577. The summed E-state index contributed by atoms with van der Waals surface area (Å²) in [7, 11) is 0. The second-order valence-corrected chi connectivity index (χ2v) is 8.24. The van der Waals surface area contributed by atoms with Crippen LogP contribution in [0, 0.1) is 0 Å². The molecule has 0 saturated carbocycles. The van der Waals surface area contributed by atoms with Gasteiger partial charge in [0.05, 0.1) is 0 Å². The predicted octanol–water partition coefficient (Wildman–Crippen LogP) is 4.60. The molecule has 0 aliphatic carbocycles. The van der Waals surface area contributed by atoms with Crippen molar-refractivity contribution >= 4 is 51.1 Å². The average molecular weight is 367 g/mol. The van der Waals surface area contributed by atoms with Crippen molar-refractivity contribution in [2.75, 3.05) is 23.8 Å². The Kier molecular flexibility index (Phi) is 6.22. The average Bonchev–Trinajstić information content (AvgIpc) is 2.37. The Hall–Kier alpha value is 0.650. The van der Waals surface area contributed by atoms with Gasteiger partial charge in [0.1, 0.15) is 0 Å². The molecule has 0 spiro atoms. The highest BCUT2D eigenvalue weighted by Gasteiger charge is 2.16. The zero-order valence-corrected chi connectivity index (χ0v) is 14.3. The fraction of sp³-hybridized carbons (Fsp3) is 0.538. The van der Waals surface area contributed by atoms with Crippen LogP contribution in [0.25, 0.3) is 0 Å². The van der Waals surface area contributed by atoms with Crippen LogP contribution in [-0.2, 0) is 0 Å². The molecule has 1 aliphatic heterocycles. The van der Waals surface area contributed by atoms with Crippen LogP contribution < -0.4 is 5.32 Å². The lowest BCUT2D eigenvalue weighted by atomic mass is 10.1. The van der Waals surface area contributed by atoms with E-state index in [9.17, 15) is 0 Å². The zero-order chi connectivity index (χ0) is 13.0. The van der Waals surface area contributed by atoms with E-state index in [2.05, 4.69) is 57.8 Å². The summed E-state index contributed by atoms with van der Waals surface area (Å²) in [6.07, 6.45) is 0.